The number of halogens is 2. The predicted molar refractivity (Wildman–Crippen MR) is 77.4 cm³/mol. The van der Waals surface area contributed by atoms with E-state index in [0.717, 1.165) is 0 Å². The van der Waals surface area contributed by atoms with E-state index in [1.807, 2.05) is 6.07 Å². The Morgan fingerprint density at radius 2 is 2.10 bits per heavy atom. The molecule has 1 aromatic carbocycles. The normalized spacial score (nSPS) is 10.9. The molecule has 1 amide bonds. The number of anilines is 1. The van der Waals surface area contributed by atoms with Crippen LogP contribution in [0.5, 0.6) is 0 Å². The van der Waals surface area contributed by atoms with Gasteiger partial charge in [0.25, 0.3) is 5.91 Å². The van der Waals surface area contributed by atoms with Crippen LogP contribution in [-0.2, 0) is 4.79 Å². The van der Waals surface area contributed by atoms with Crippen LogP contribution >= 0.6 is 23.2 Å². The molecule has 1 heterocycles. The van der Waals surface area contributed by atoms with E-state index in [2.05, 4.69) is 5.32 Å². The molecule has 1 aromatic heterocycles. The van der Waals surface area contributed by atoms with Gasteiger partial charge in [-0.15, -0.1) is 0 Å². The van der Waals surface area contributed by atoms with Gasteiger partial charge in [0.1, 0.15) is 17.4 Å². The monoisotopic (exact) mass is 306 g/mol. The van der Waals surface area contributed by atoms with Crippen molar-refractivity contribution in [1.82, 2.24) is 0 Å². The fraction of sp³-hybridized carbons (Fsp3) is 0. The van der Waals surface area contributed by atoms with E-state index in [-0.39, 0.29) is 10.6 Å². The molecule has 20 heavy (non-hydrogen) atoms. The van der Waals surface area contributed by atoms with Gasteiger partial charge in [-0.05, 0) is 24.3 Å². The molecule has 4 nitrogen and oxygen atoms in total. The maximum atomic E-state index is 12.0. The molecule has 0 aliphatic carbocycles. The first-order valence-corrected chi connectivity index (χ1v) is 6.28. The molecule has 0 spiro atoms. The first-order chi connectivity index (χ1) is 9.61. The Morgan fingerprint density at radius 1 is 1.30 bits per heavy atom. The Kier molecular flexibility index (Phi) is 4.46. The average molecular weight is 307 g/mol. The molecule has 0 bridgehead atoms. The number of rotatable bonds is 3. The minimum absolute atomic E-state index is 0.101. The molecule has 2 rings (SSSR count). The molecular formula is C14H8Cl2N2O2. The van der Waals surface area contributed by atoms with Crippen LogP contribution in [0, 0.1) is 11.3 Å². The fourth-order valence-electron chi connectivity index (χ4n) is 1.45. The summed E-state index contributed by atoms with van der Waals surface area (Å²) >= 11 is 11.8. The zero-order chi connectivity index (χ0) is 14.5. The van der Waals surface area contributed by atoms with Crippen molar-refractivity contribution < 1.29 is 9.21 Å². The second-order valence-corrected chi connectivity index (χ2v) is 4.53. The van der Waals surface area contributed by atoms with Gasteiger partial charge in [0, 0.05) is 6.08 Å². The van der Waals surface area contributed by atoms with Crippen molar-refractivity contribution >= 4 is 40.9 Å². The Hall–Kier alpha value is -2.22. The van der Waals surface area contributed by atoms with Gasteiger partial charge in [0.05, 0.1) is 22.0 Å². The zero-order valence-electron chi connectivity index (χ0n) is 10.1. The summed E-state index contributed by atoms with van der Waals surface area (Å²) in [4.78, 5) is 12.0. The van der Waals surface area contributed by atoms with Crippen LogP contribution in [-0.4, -0.2) is 5.91 Å². The van der Waals surface area contributed by atoms with E-state index in [1.54, 1.807) is 30.3 Å². The molecule has 0 saturated heterocycles. The molecule has 2 aromatic rings. The lowest BCUT2D eigenvalue weighted by Gasteiger charge is -2.07. The molecule has 0 aliphatic heterocycles. The second kappa shape index (κ2) is 6.29. The van der Waals surface area contributed by atoms with Crippen molar-refractivity contribution in [3.8, 4) is 6.07 Å². The van der Waals surface area contributed by atoms with Gasteiger partial charge >= 0.3 is 0 Å². The number of carbonyl (C=O) groups is 1. The van der Waals surface area contributed by atoms with Crippen LogP contribution in [0.25, 0.3) is 6.08 Å². The van der Waals surface area contributed by atoms with Crippen molar-refractivity contribution in [2.24, 2.45) is 0 Å². The van der Waals surface area contributed by atoms with Gasteiger partial charge in [-0.25, -0.2) is 0 Å². The lowest BCUT2D eigenvalue weighted by Crippen LogP contribution is -2.13. The summed E-state index contributed by atoms with van der Waals surface area (Å²) in [5, 5.41) is 12.1. The number of carbonyl (C=O) groups excluding carboxylic acids is 1. The standard InChI is InChI=1S/C14H8Cl2N2O2/c15-11-4-1-5-12(13(11)16)18-14(19)9(8-17)7-10-3-2-6-20-10/h1-7H,(H,18,19)/b9-7-. The van der Waals surface area contributed by atoms with Gasteiger partial charge in [-0.3, -0.25) is 4.79 Å². The van der Waals surface area contributed by atoms with Crippen molar-refractivity contribution in [3.63, 3.8) is 0 Å². The molecule has 0 saturated carbocycles. The van der Waals surface area contributed by atoms with Crippen molar-refractivity contribution in [2.75, 3.05) is 5.32 Å². The Morgan fingerprint density at radius 3 is 2.75 bits per heavy atom. The van der Waals surface area contributed by atoms with E-state index < -0.39 is 5.91 Å². The highest BCUT2D eigenvalue weighted by molar-refractivity contribution is 6.44. The third-order valence-corrected chi connectivity index (χ3v) is 3.21. The van der Waals surface area contributed by atoms with Crippen molar-refractivity contribution in [2.45, 2.75) is 0 Å². The minimum Gasteiger partial charge on any atom is -0.465 e. The van der Waals surface area contributed by atoms with Crippen molar-refractivity contribution in [3.05, 3.63) is 58.0 Å². The summed E-state index contributed by atoms with van der Waals surface area (Å²) in [6.45, 7) is 0. The van der Waals surface area contributed by atoms with Crippen LogP contribution in [0.15, 0.2) is 46.6 Å². The smallest absolute Gasteiger partial charge is 0.266 e. The first-order valence-electron chi connectivity index (χ1n) is 5.52. The fourth-order valence-corrected chi connectivity index (χ4v) is 1.80. The summed E-state index contributed by atoms with van der Waals surface area (Å²) in [7, 11) is 0. The molecule has 0 radical (unpaired) electrons. The maximum absolute atomic E-state index is 12.0. The number of hydrogen-bond acceptors (Lipinski definition) is 3. The molecule has 0 unspecified atom stereocenters. The van der Waals surface area contributed by atoms with Gasteiger partial charge in [0.15, 0.2) is 0 Å². The van der Waals surface area contributed by atoms with E-state index in [9.17, 15) is 4.79 Å². The highest BCUT2D eigenvalue weighted by Gasteiger charge is 2.13. The molecule has 100 valence electrons. The molecule has 6 heteroatoms. The highest BCUT2D eigenvalue weighted by atomic mass is 35.5. The quantitative estimate of drug-likeness (QED) is 0.685. The van der Waals surface area contributed by atoms with Gasteiger partial charge in [0.2, 0.25) is 0 Å². The van der Waals surface area contributed by atoms with Gasteiger partial charge in [-0.2, -0.15) is 5.26 Å². The molecule has 0 fully saturated rings. The van der Waals surface area contributed by atoms with E-state index in [0.29, 0.717) is 16.5 Å². The second-order valence-electron chi connectivity index (χ2n) is 3.74. The third kappa shape index (κ3) is 3.21. The summed E-state index contributed by atoms with van der Waals surface area (Å²) in [5.41, 5.74) is 0.237. The predicted octanol–water partition coefficient (Wildman–Crippen LogP) is 4.13. The number of nitrogens with one attached hydrogen (secondary N) is 1. The molecule has 1 N–H and O–H groups in total. The molecule has 0 atom stereocenters. The Balaban J connectivity index is 2.23. The number of hydrogen-bond donors (Lipinski definition) is 1. The van der Waals surface area contributed by atoms with E-state index >= 15 is 0 Å². The number of nitriles is 1. The van der Waals surface area contributed by atoms with Crippen LogP contribution in [0.1, 0.15) is 5.76 Å². The van der Waals surface area contributed by atoms with E-state index in [4.69, 9.17) is 32.9 Å². The number of amides is 1. The number of nitrogens with zero attached hydrogens (tertiary/aromatic N) is 1. The SMILES string of the molecule is N#C/C(=C/c1ccco1)C(=O)Nc1cccc(Cl)c1Cl. The number of furan rings is 1. The third-order valence-electron chi connectivity index (χ3n) is 2.39. The van der Waals surface area contributed by atoms with Gasteiger partial charge in [-0.1, -0.05) is 29.3 Å². The molecular weight excluding hydrogens is 299 g/mol. The summed E-state index contributed by atoms with van der Waals surface area (Å²) in [6, 6.07) is 9.94. The largest absolute Gasteiger partial charge is 0.465 e. The summed E-state index contributed by atoms with van der Waals surface area (Å²) in [5.74, 6) is -0.179. The summed E-state index contributed by atoms with van der Waals surface area (Å²) in [6.07, 6.45) is 2.79. The zero-order valence-corrected chi connectivity index (χ0v) is 11.6. The van der Waals surface area contributed by atoms with Crippen LogP contribution in [0.4, 0.5) is 5.69 Å². The first kappa shape index (κ1) is 14.2. The summed E-state index contributed by atoms with van der Waals surface area (Å²) < 4.78 is 5.05. The van der Waals surface area contributed by atoms with Gasteiger partial charge < -0.3 is 9.73 Å². The molecule has 0 aliphatic rings. The lowest BCUT2D eigenvalue weighted by atomic mass is 10.2. The minimum atomic E-state index is -0.590. The highest BCUT2D eigenvalue weighted by Crippen LogP contribution is 2.29. The topological polar surface area (TPSA) is 66.0 Å². The number of benzene rings is 1. The Bertz CT molecular complexity index is 700. The van der Waals surface area contributed by atoms with Crippen molar-refractivity contribution in [1.29, 1.82) is 5.26 Å². The lowest BCUT2D eigenvalue weighted by molar-refractivity contribution is -0.112. The van der Waals surface area contributed by atoms with E-state index in [1.165, 1.54) is 12.3 Å². The Labute approximate surface area is 125 Å². The van der Waals surface area contributed by atoms with Crippen LogP contribution < -0.4 is 5.32 Å². The van der Waals surface area contributed by atoms with Crippen LogP contribution in [0.3, 0.4) is 0 Å². The maximum Gasteiger partial charge on any atom is 0.266 e. The average Bonchev–Trinajstić information content (AvgIpc) is 2.94. The van der Waals surface area contributed by atoms with Crippen LogP contribution in [0.2, 0.25) is 10.0 Å².